The van der Waals surface area contributed by atoms with Gasteiger partial charge in [0.1, 0.15) is 5.84 Å². The molecule has 0 saturated heterocycles. The van der Waals surface area contributed by atoms with E-state index in [1.54, 1.807) is 19.2 Å². The van der Waals surface area contributed by atoms with Crippen LogP contribution in [0.5, 0.6) is 0 Å². The first kappa shape index (κ1) is 21.8. The Hall–Kier alpha value is -2.50. The van der Waals surface area contributed by atoms with Crippen molar-refractivity contribution >= 4 is 17.4 Å². The largest absolute Gasteiger partial charge is 0.307 e. The first-order chi connectivity index (χ1) is 10.6. The van der Waals surface area contributed by atoms with Crippen LogP contribution in [0.1, 0.15) is 45.0 Å². The molecule has 1 amide bonds. The third-order valence-corrected chi connectivity index (χ3v) is 2.15. The van der Waals surface area contributed by atoms with Gasteiger partial charge in [-0.1, -0.05) is 33.8 Å². The summed E-state index contributed by atoms with van der Waals surface area (Å²) in [7, 11) is 1.56. The van der Waals surface area contributed by atoms with E-state index in [2.05, 4.69) is 10.3 Å². The van der Waals surface area contributed by atoms with Gasteiger partial charge in [-0.3, -0.25) is 19.9 Å². The van der Waals surface area contributed by atoms with Gasteiger partial charge in [0.25, 0.3) is 11.6 Å². The Kier molecular flexibility index (Phi) is 13.4. The Morgan fingerprint density at radius 3 is 2.05 bits per heavy atom. The quantitative estimate of drug-likeness (QED) is 0.396. The van der Waals surface area contributed by atoms with Crippen LogP contribution in [0.15, 0.2) is 41.4 Å². The molecule has 0 aliphatic rings. The lowest BCUT2D eigenvalue weighted by Gasteiger charge is -2.04. The summed E-state index contributed by atoms with van der Waals surface area (Å²) in [5.74, 6) is 0.0736. The zero-order valence-corrected chi connectivity index (χ0v) is 14.1. The lowest BCUT2D eigenvalue weighted by Crippen LogP contribution is -2.29. The number of benzene rings is 1. The number of carbonyl (C=O) groups is 1. The third kappa shape index (κ3) is 7.94. The lowest BCUT2D eigenvalue weighted by molar-refractivity contribution is -0.384. The fourth-order valence-electron chi connectivity index (χ4n) is 1.25. The van der Waals surface area contributed by atoms with Gasteiger partial charge in [-0.2, -0.15) is 0 Å². The molecule has 1 aromatic carbocycles. The number of non-ortho nitro benzene ring substituents is 1. The number of amides is 1. The summed E-state index contributed by atoms with van der Waals surface area (Å²) >= 11 is 0. The number of rotatable bonds is 3. The minimum atomic E-state index is -0.513. The van der Waals surface area contributed by atoms with E-state index in [9.17, 15) is 14.9 Å². The highest BCUT2D eigenvalue weighted by Gasteiger charge is 2.09. The predicted octanol–water partition coefficient (Wildman–Crippen LogP) is 3.98. The standard InChI is InChI=1S/C12H13N3O3.2C2H6/c1-3-4-11(13-2)14-12(16)9-5-7-10(8-6-9)15(17)18;2*1-2/h3-8H,1-2H3,(H,13,14,16);2*1-2H3/b4-3-;;. The fraction of sp³-hybridized carbons (Fsp3) is 0.375. The number of carbonyl (C=O) groups excluding carboxylic acids is 1. The molecule has 0 radical (unpaired) electrons. The van der Waals surface area contributed by atoms with Crippen LogP contribution in [-0.2, 0) is 0 Å². The number of nitro groups is 1. The Morgan fingerprint density at radius 2 is 1.68 bits per heavy atom. The molecule has 0 fully saturated rings. The number of nitrogens with one attached hydrogen (secondary N) is 1. The number of nitrogens with zero attached hydrogens (tertiary/aromatic N) is 2. The number of hydrogen-bond donors (Lipinski definition) is 1. The van der Waals surface area contributed by atoms with E-state index in [4.69, 9.17) is 0 Å². The van der Waals surface area contributed by atoms with Crippen molar-refractivity contribution in [3.8, 4) is 0 Å². The van der Waals surface area contributed by atoms with Crippen LogP contribution in [0.2, 0.25) is 0 Å². The summed E-state index contributed by atoms with van der Waals surface area (Å²) in [4.78, 5) is 25.6. The van der Waals surface area contributed by atoms with Crippen molar-refractivity contribution in [2.45, 2.75) is 34.6 Å². The number of aliphatic imine (C=N–C) groups is 1. The van der Waals surface area contributed by atoms with Gasteiger partial charge in [-0.25, -0.2) is 0 Å². The van der Waals surface area contributed by atoms with Gasteiger partial charge in [-0.15, -0.1) is 0 Å². The van der Waals surface area contributed by atoms with Gasteiger partial charge in [0.05, 0.1) is 4.92 Å². The first-order valence-corrected chi connectivity index (χ1v) is 7.23. The first-order valence-electron chi connectivity index (χ1n) is 7.23. The highest BCUT2D eigenvalue weighted by Crippen LogP contribution is 2.11. The average molecular weight is 307 g/mol. The van der Waals surface area contributed by atoms with Gasteiger partial charge in [0, 0.05) is 24.7 Å². The average Bonchev–Trinajstić information content (AvgIpc) is 2.58. The zero-order valence-electron chi connectivity index (χ0n) is 14.1. The molecule has 0 bridgehead atoms. The molecule has 0 atom stereocenters. The molecule has 0 heterocycles. The number of nitro benzene ring substituents is 1. The number of amidine groups is 1. The van der Waals surface area contributed by atoms with Crippen molar-refractivity contribution in [2.24, 2.45) is 4.99 Å². The molecule has 122 valence electrons. The molecule has 6 heteroatoms. The van der Waals surface area contributed by atoms with Crippen molar-refractivity contribution in [3.05, 3.63) is 52.1 Å². The molecule has 1 N–H and O–H groups in total. The van der Waals surface area contributed by atoms with Gasteiger partial charge in [0.15, 0.2) is 0 Å². The van der Waals surface area contributed by atoms with E-state index in [0.29, 0.717) is 11.4 Å². The van der Waals surface area contributed by atoms with Gasteiger partial charge >= 0.3 is 0 Å². The van der Waals surface area contributed by atoms with Crippen LogP contribution < -0.4 is 5.32 Å². The highest BCUT2D eigenvalue weighted by molar-refractivity contribution is 6.10. The molecule has 0 saturated carbocycles. The van der Waals surface area contributed by atoms with Crippen molar-refractivity contribution in [1.82, 2.24) is 5.32 Å². The SMILES string of the molecule is C/C=C\C(=NC)NC(=O)c1ccc([N+](=O)[O-])cc1.CC.CC. The molecule has 0 unspecified atom stereocenters. The molecule has 1 aromatic rings. The molecule has 6 nitrogen and oxygen atoms in total. The summed E-state index contributed by atoms with van der Waals surface area (Å²) in [6, 6.07) is 5.37. The fourth-order valence-corrected chi connectivity index (χ4v) is 1.25. The van der Waals surface area contributed by atoms with Crippen molar-refractivity contribution in [2.75, 3.05) is 7.05 Å². The van der Waals surface area contributed by atoms with Gasteiger partial charge in [0.2, 0.25) is 0 Å². The lowest BCUT2D eigenvalue weighted by atomic mass is 10.2. The zero-order chi connectivity index (χ0) is 17.5. The van der Waals surface area contributed by atoms with E-state index in [1.807, 2.05) is 34.6 Å². The van der Waals surface area contributed by atoms with Crippen molar-refractivity contribution in [1.29, 1.82) is 0 Å². The van der Waals surface area contributed by atoms with E-state index < -0.39 is 4.92 Å². The van der Waals surface area contributed by atoms with E-state index in [0.717, 1.165) is 0 Å². The Morgan fingerprint density at radius 1 is 1.18 bits per heavy atom. The van der Waals surface area contributed by atoms with Gasteiger partial charge < -0.3 is 5.32 Å². The topological polar surface area (TPSA) is 84.6 Å². The van der Waals surface area contributed by atoms with E-state index in [1.165, 1.54) is 24.3 Å². The Bertz CT molecular complexity index is 506. The summed E-state index contributed by atoms with van der Waals surface area (Å²) in [5, 5.41) is 13.1. The molecule has 0 aromatic heterocycles. The maximum absolute atomic E-state index is 11.8. The minimum absolute atomic E-state index is 0.0515. The molecule has 22 heavy (non-hydrogen) atoms. The second kappa shape index (κ2) is 13.5. The summed E-state index contributed by atoms with van der Waals surface area (Å²) < 4.78 is 0. The molecule has 0 aliphatic heterocycles. The van der Waals surface area contributed by atoms with E-state index in [-0.39, 0.29) is 11.6 Å². The third-order valence-electron chi connectivity index (χ3n) is 2.15. The highest BCUT2D eigenvalue weighted by atomic mass is 16.6. The van der Waals surface area contributed by atoms with Crippen LogP contribution in [-0.4, -0.2) is 23.7 Å². The van der Waals surface area contributed by atoms with Crippen LogP contribution in [0.4, 0.5) is 5.69 Å². The Labute approximate surface area is 132 Å². The molecule has 1 rings (SSSR count). The smallest absolute Gasteiger partial charge is 0.269 e. The number of hydrogen-bond acceptors (Lipinski definition) is 4. The molecule has 0 aliphatic carbocycles. The van der Waals surface area contributed by atoms with Crippen molar-refractivity contribution < 1.29 is 9.72 Å². The monoisotopic (exact) mass is 307 g/mol. The maximum atomic E-state index is 11.8. The van der Waals surface area contributed by atoms with Crippen LogP contribution >= 0.6 is 0 Å². The predicted molar refractivity (Wildman–Crippen MR) is 91.4 cm³/mol. The number of allylic oxidation sites excluding steroid dienone is 1. The second-order valence-corrected chi connectivity index (χ2v) is 3.37. The molecular weight excluding hydrogens is 282 g/mol. The van der Waals surface area contributed by atoms with Crippen molar-refractivity contribution in [3.63, 3.8) is 0 Å². The minimum Gasteiger partial charge on any atom is -0.307 e. The van der Waals surface area contributed by atoms with Crippen LogP contribution in [0, 0.1) is 10.1 Å². The van der Waals surface area contributed by atoms with Gasteiger partial charge in [-0.05, 0) is 25.1 Å². The Balaban J connectivity index is 0. The van der Waals surface area contributed by atoms with Crippen LogP contribution in [0.3, 0.4) is 0 Å². The van der Waals surface area contributed by atoms with E-state index >= 15 is 0 Å². The summed E-state index contributed by atoms with van der Waals surface area (Å²) in [5.41, 5.74) is 0.288. The maximum Gasteiger partial charge on any atom is 0.269 e. The molecular formula is C16H25N3O3. The van der Waals surface area contributed by atoms with Crippen LogP contribution in [0.25, 0.3) is 0 Å². The summed E-state index contributed by atoms with van der Waals surface area (Å²) in [6.45, 7) is 9.81. The summed E-state index contributed by atoms with van der Waals surface area (Å²) in [6.07, 6.45) is 3.40. The molecule has 0 spiro atoms. The normalized spacial score (nSPS) is 10.0. The second-order valence-electron chi connectivity index (χ2n) is 3.37.